The molecule has 146 valence electrons. The van der Waals surface area contributed by atoms with Crippen LogP contribution >= 0.6 is 11.6 Å². The lowest BCUT2D eigenvalue weighted by molar-refractivity contribution is -0.127. The molecule has 0 spiro atoms. The summed E-state index contributed by atoms with van der Waals surface area (Å²) in [5.41, 5.74) is 0.673. The smallest absolute Gasteiger partial charge is 0.223 e. The Morgan fingerprint density at radius 2 is 2.04 bits per heavy atom. The van der Waals surface area contributed by atoms with Crippen molar-refractivity contribution in [3.05, 3.63) is 63.9 Å². The van der Waals surface area contributed by atoms with Crippen LogP contribution in [0.25, 0.3) is 0 Å². The molecule has 1 amide bonds. The highest BCUT2D eigenvalue weighted by Gasteiger charge is 2.37. The summed E-state index contributed by atoms with van der Waals surface area (Å²) in [6.07, 6.45) is 0.147. The van der Waals surface area contributed by atoms with Gasteiger partial charge in [-0.25, -0.2) is 13.2 Å². The molecule has 1 aliphatic rings. The molecule has 0 saturated carbocycles. The van der Waals surface area contributed by atoms with Gasteiger partial charge in [-0.05, 0) is 31.2 Å². The molecule has 0 bridgehead atoms. The lowest BCUT2D eigenvalue weighted by atomic mass is 9.91. The SMILES string of the molecule is CCN1C[C@@H](C(Nc2ccc(C#N)c(Cl)c2)c2ccc(F)c(F)c2F)CC1=O. The summed E-state index contributed by atoms with van der Waals surface area (Å²) < 4.78 is 41.8. The summed E-state index contributed by atoms with van der Waals surface area (Å²) in [6, 6.07) is 7.78. The Bertz CT molecular complexity index is 960. The number of rotatable bonds is 5. The first-order valence-corrected chi connectivity index (χ1v) is 9.10. The molecule has 0 radical (unpaired) electrons. The number of hydrogen-bond donors (Lipinski definition) is 1. The number of halogens is 4. The topological polar surface area (TPSA) is 56.1 Å². The predicted molar refractivity (Wildman–Crippen MR) is 99.2 cm³/mol. The highest BCUT2D eigenvalue weighted by molar-refractivity contribution is 6.32. The zero-order valence-corrected chi connectivity index (χ0v) is 15.7. The van der Waals surface area contributed by atoms with Crippen molar-refractivity contribution in [3.63, 3.8) is 0 Å². The summed E-state index contributed by atoms with van der Waals surface area (Å²) in [5.74, 6) is -4.57. The van der Waals surface area contributed by atoms with Crippen molar-refractivity contribution >= 4 is 23.2 Å². The van der Waals surface area contributed by atoms with Gasteiger partial charge in [-0.1, -0.05) is 17.7 Å². The first-order chi connectivity index (χ1) is 13.3. The number of nitrogens with zero attached hydrogens (tertiary/aromatic N) is 2. The van der Waals surface area contributed by atoms with Crippen LogP contribution in [-0.4, -0.2) is 23.9 Å². The van der Waals surface area contributed by atoms with Crippen molar-refractivity contribution < 1.29 is 18.0 Å². The van der Waals surface area contributed by atoms with E-state index in [4.69, 9.17) is 16.9 Å². The fraction of sp³-hybridized carbons (Fsp3) is 0.300. The second-order valence-electron chi connectivity index (χ2n) is 6.59. The molecule has 0 aromatic heterocycles. The number of hydrogen-bond acceptors (Lipinski definition) is 3. The van der Waals surface area contributed by atoms with Crippen molar-refractivity contribution in [1.82, 2.24) is 4.90 Å². The zero-order chi connectivity index (χ0) is 20.4. The average Bonchev–Trinajstić information content (AvgIpc) is 3.05. The highest BCUT2D eigenvalue weighted by atomic mass is 35.5. The van der Waals surface area contributed by atoms with Gasteiger partial charge in [0, 0.05) is 36.7 Å². The number of nitriles is 1. The maximum atomic E-state index is 14.5. The van der Waals surface area contributed by atoms with E-state index in [1.165, 1.54) is 18.2 Å². The number of carbonyl (C=O) groups is 1. The summed E-state index contributed by atoms with van der Waals surface area (Å²) in [7, 11) is 0. The quantitative estimate of drug-likeness (QED) is 0.734. The molecule has 3 rings (SSSR count). The van der Waals surface area contributed by atoms with Gasteiger partial charge in [-0.15, -0.1) is 0 Å². The van der Waals surface area contributed by atoms with Crippen LogP contribution in [-0.2, 0) is 4.79 Å². The molecule has 1 N–H and O–H groups in total. The second kappa shape index (κ2) is 8.11. The van der Waals surface area contributed by atoms with Crippen molar-refractivity contribution in [1.29, 1.82) is 5.26 Å². The molecule has 2 aromatic carbocycles. The predicted octanol–water partition coefficient (Wildman–Crippen LogP) is 4.65. The molecular weight excluding hydrogens is 391 g/mol. The van der Waals surface area contributed by atoms with E-state index in [0.717, 1.165) is 6.07 Å². The minimum absolute atomic E-state index is 0.0739. The van der Waals surface area contributed by atoms with E-state index in [1.54, 1.807) is 11.0 Å². The molecule has 0 aliphatic carbocycles. The average molecular weight is 408 g/mol. The number of benzene rings is 2. The van der Waals surface area contributed by atoms with Gasteiger partial charge in [0.1, 0.15) is 6.07 Å². The Morgan fingerprint density at radius 3 is 2.64 bits per heavy atom. The summed E-state index contributed by atoms with van der Waals surface area (Å²) in [6.45, 7) is 2.70. The molecule has 8 heteroatoms. The fourth-order valence-corrected chi connectivity index (χ4v) is 3.66. The van der Waals surface area contributed by atoms with E-state index in [1.807, 2.05) is 13.0 Å². The highest BCUT2D eigenvalue weighted by Crippen LogP contribution is 2.36. The van der Waals surface area contributed by atoms with Crippen LogP contribution in [0.1, 0.15) is 30.5 Å². The monoisotopic (exact) mass is 407 g/mol. The molecule has 1 aliphatic heterocycles. The van der Waals surface area contributed by atoms with Crippen LogP contribution in [0.3, 0.4) is 0 Å². The van der Waals surface area contributed by atoms with Gasteiger partial charge in [0.2, 0.25) is 5.91 Å². The molecule has 1 unspecified atom stereocenters. The lowest BCUT2D eigenvalue weighted by Crippen LogP contribution is -2.27. The number of amides is 1. The van der Waals surface area contributed by atoms with Crippen LogP contribution in [0, 0.1) is 34.7 Å². The van der Waals surface area contributed by atoms with E-state index in [9.17, 15) is 18.0 Å². The zero-order valence-electron chi connectivity index (χ0n) is 15.0. The van der Waals surface area contributed by atoms with Gasteiger partial charge in [-0.3, -0.25) is 4.79 Å². The third-order valence-corrected chi connectivity index (χ3v) is 5.22. The van der Waals surface area contributed by atoms with Gasteiger partial charge >= 0.3 is 0 Å². The van der Waals surface area contributed by atoms with Gasteiger partial charge in [0.25, 0.3) is 0 Å². The Hall–Kier alpha value is -2.72. The van der Waals surface area contributed by atoms with Gasteiger partial charge in [0.05, 0.1) is 16.6 Å². The summed E-state index contributed by atoms with van der Waals surface area (Å²) >= 11 is 6.06. The third kappa shape index (κ3) is 3.78. The summed E-state index contributed by atoms with van der Waals surface area (Å²) in [4.78, 5) is 13.8. The maximum absolute atomic E-state index is 14.5. The van der Waals surface area contributed by atoms with Crippen molar-refractivity contribution in [3.8, 4) is 6.07 Å². The van der Waals surface area contributed by atoms with Crippen LogP contribution in [0.2, 0.25) is 5.02 Å². The van der Waals surface area contributed by atoms with E-state index in [0.29, 0.717) is 18.8 Å². The minimum atomic E-state index is -1.56. The Kier molecular flexibility index (Phi) is 5.80. The van der Waals surface area contributed by atoms with E-state index >= 15 is 0 Å². The van der Waals surface area contributed by atoms with E-state index in [-0.39, 0.29) is 34.4 Å². The van der Waals surface area contributed by atoms with Crippen molar-refractivity contribution in [2.75, 3.05) is 18.4 Å². The minimum Gasteiger partial charge on any atom is -0.378 e. The van der Waals surface area contributed by atoms with Crippen molar-refractivity contribution in [2.45, 2.75) is 19.4 Å². The fourth-order valence-electron chi connectivity index (χ4n) is 3.44. The first kappa shape index (κ1) is 20.0. The van der Waals surface area contributed by atoms with Crippen LogP contribution < -0.4 is 5.32 Å². The Balaban J connectivity index is 2.00. The summed E-state index contributed by atoms with van der Waals surface area (Å²) in [5, 5.41) is 12.3. The molecule has 1 saturated heterocycles. The maximum Gasteiger partial charge on any atom is 0.223 e. The van der Waals surface area contributed by atoms with Crippen LogP contribution in [0.15, 0.2) is 30.3 Å². The molecule has 2 atom stereocenters. The van der Waals surface area contributed by atoms with Crippen molar-refractivity contribution in [2.24, 2.45) is 5.92 Å². The molecule has 28 heavy (non-hydrogen) atoms. The first-order valence-electron chi connectivity index (χ1n) is 8.73. The number of anilines is 1. The van der Waals surface area contributed by atoms with E-state index < -0.39 is 23.5 Å². The lowest BCUT2D eigenvalue weighted by Gasteiger charge is -2.27. The molecule has 1 fully saturated rings. The molecular formula is C20H17ClF3N3O. The van der Waals surface area contributed by atoms with Crippen LogP contribution in [0.4, 0.5) is 18.9 Å². The number of carbonyl (C=O) groups excluding carboxylic acids is 1. The number of nitrogens with one attached hydrogen (secondary N) is 1. The Labute approximate surface area is 165 Å². The molecule has 1 heterocycles. The third-order valence-electron chi connectivity index (χ3n) is 4.91. The molecule has 4 nitrogen and oxygen atoms in total. The van der Waals surface area contributed by atoms with Crippen LogP contribution in [0.5, 0.6) is 0 Å². The Morgan fingerprint density at radius 1 is 1.29 bits per heavy atom. The molecule has 2 aromatic rings. The standard InChI is InChI=1S/C20H17ClF3N3O/c1-2-27-10-12(7-17(27)28)20(14-5-6-16(22)19(24)18(14)23)26-13-4-3-11(9-25)15(21)8-13/h3-6,8,12,20,26H,2,7,10H2,1H3/t12-,20?/m0/s1. The van der Waals surface area contributed by atoms with Gasteiger partial charge in [0.15, 0.2) is 17.5 Å². The number of likely N-dealkylation sites (tertiary alicyclic amines) is 1. The van der Waals surface area contributed by atoms with Gasteiger partial charge < -0.3 is 10.2 Å². The largest absolute Gasteiger partial charge is 0.378 e. The second-order valence-corrected chi connectivity index (χ2v) is 7.00. The van der Waals surface area contributed by atoms with Gasteiger partial charge in [-0.2, -0.15) is 5.26 Å². The normalized spacial score (nSPS) is 17.5. The van der Waals surface area contributed by atoms with E-state index in [2.05, 4.69) is 5.32 Å².